The van der Waals surface area contributed by atoms with E-state index in [9.17, 15) is 10.1 Å². The first kappa shape index (κ1) is 13.0. The normalized spacial score (nSPS) is 10.6. The van der Waals surface area contributed by atoms with E-state index in [1.165, 1.54) is 24.4 Å². The Kier molecular flexibility index (Phi) is 4.04. The largest absolute Gasteiger partial charge is 0.278 e. The number of hydrogen-bond donors (Lipinski definition) is 1. The van der Waals surface area contributed by atoms with Crippen molar-refractivity contribution in [3.05, 3.63) is 63.3 Å². The van der Waals surface area contributed by atoms with Gasteiger partial charge in [0.25, 0.3) is 5.69 Å². The van der Waals surface area contributed by atoms with Crippen molar-refractivity contribution in [2.24, 2.45) is 5.10 Å². The maximum Gasteiger partial charge on any atom is 0.278 e. The van der Waals surface area contributed by atoms with Gasteiger partial charge in [0.2, 0.25) is 0 Å². The summed E-state index contributed by atoms with van der Waals surface area (Å²) in [4.78, 5) is 14.3. The number of nitrogens with zero attached hydrogens (tertiary/aromatic N) is 3. The Labute approximate surface area is 113 Å². The van der Waals surface area contributed by atoms with Crippen LogP contribution < -0.4 is 5.43 Å². The third-order valence-corrected chi connectivity index (χ3v) is 2.47. The summed E-state index contributed by atoms with van der Waals surface area (Å²) in [5.41, 5.74) is 2.93. The van der Waals surface area contributed by atoms with Gasteiger partial charge in [-0.25, -0.2) is 4.98 Å². The molecular formula is C12H9ClN4O2. The lowest BCUT2D eigenvalue weighted by Crippen LogP contribution is -1.97. The first-order chi connectivity index (χ1) is 9.16. The highest BCUT2D eigenvalue weighted by Crippen LogP contribution is 2.21. The number of pyridine rings is 1. The Morgan fingerprint density at radius 2 is 2.21 bits per heavy atom. The van der Waals surface area contributed by atoms with Crippen LogP contribution >= 0.6 is 11.6 Å². The molecule has 2 aromatic rings. The number of nitro benzene ring substituents is 1. The van der Waals surface area contributed by atoms with Crippen molar-refractivity contribution in [3.63, 3.8) is 0 Å². The number of aromatic nitrogens is 1. The molecule has 0 radical (unpaired) electrons. The van der Waals surface area contributed by atoms with E-state index in [0.717, 1.165) is 0 Å². The van der Waals surface area contributed by atoms with E-state index < -0.39 is 4.92 Å². The predicted octanol–water partition coefficient (Wildman–Crippen LogP) is 3.09. The van der Waals surface area contributed by atoms with E-state index >= 15 is 0 Å². The standard InChI is InChI=1S/C12H9ClN4O2/c13-10-4-5-11(17(18)19)9(7-10)8-15-16-12-3-1-2-6-14-12/h1-8H,(H,14,16). The van der Waals surface area contributed by atoms with Gasteiger partial charge in [-0.3, -0.25) is 15.5 Å². The van der Waals surface area contributed by atoms with Crippen molar-refractivity contribution >= 4 is 29.3 Å². The topological polar surface area (TPSA) is 80.4 Å². The zero-order chi connectivity index (χ0) is 13.7. The van der Waals surface area contributed by atoms with E-state index in [4.69, 9.17) is 11.6 Å². The molecule has 0 saturated heterocycles. The second-order valence-electron chi connectivity index (χ2n) is 3.55. The van der Waals surface area contributed by atoms with Gasteiger partial charge >= 0.3 is 0 Å². The van der Waals surface area contributed by atoms with Crippen molar-refractivity contribution < 1.29 is 4.92 Å². The monoisotopic (exact) mass is 276 g/mol. The Morgan fingerprint density at radius 3 is 2.89 bits per heavy atom. The highest BCUT2D eigenvalue weighted by molar-refractivity contribution is 6.31. The van der Waals surface area contributed by atoms with Crippen LogP contribution in [0.25, 0.3) is 0 Å². The van der Waals surface area contributed by atoms with Gasteiger partial charge in [0.05, 0.1) is 16.7 Å². The average molecular weight is 277 g/mol. The summed E-state index contributed by atoms with van der Waals surface area (Å²) in [6, 6.07) is 9.57. The minimum atomic E-state index is -0.488. The van der Waals surface area contributed by atoms with E-state index in [1.807, 2.05) is 0 Å². The lowest BCUT2D eigenvalue weighted by atomic mass is 10.2. The number of hydrogen-bond acceptors (Lipinski definition) is 5. The molecule has 0 bridgehead atoms. The molecule has 7 heteroatoms. The molecule has 0 aliphatic heterocycles. The molecule has 96 valence electrons. The van der Waals surface area contributed by atoms with Crippen LogP contribution in [0.4, 0.5) is 11.5 Å². The second-order valence-corrected chi connectivity index (χ2v) is 3.98. The van der Waals surface area contributed by atoms with E-state index in [2.05, 4.69) is 15.5 Å². The minimum absolute atomic E-state index is 0.0593. The molecule has 0 amide bonds. The number of nitro groups is 1. The molecule has 2 rings (SSSR count). The summed E-state index contributed by atoms with van der Waals surface area (Å²) in [6.45, 7) is 0. The molecule has 0 saturated carbocycles. The summed E-state index contributed by atoms with van der Waals surface area (Å²) < 4.78 is 0. The Balaban J connectivity index is 2.18. The van der Waals surface area contributed by atoms with Gasteiger partial charge < -0.3 is 0 Å². The number of anilines is 1. The highest BCUT2D eigenvalue weighted by atomic mass is 35.5. The number of nitrogens with one attached hydrogen (secondary N) is 1. The Bertz CT molecular complexity index is 616. The quantitative estimate of drug-likeness (QED) is 0.528. The number of halogens is 1. The molecule has 0 fully saturated rings. The third kappa shape index (κ3) is 3.49. The summed E-state index contributed by atoms with van der Waals surface area (Å²) >= 11 is 5.80. The maximum atomic E-state index is 10.8. The van der Waals surface area contributed by atoms with Crippen molar-refractivity contribution in [3.8, 4) is 0 Å². The van der Waals surface area contributed by atoms with Crippen LogP contribution in [0.2, 0.25) is 5.02 Å². The van der Waals surface area contributed by atoms with Gasteiger partial charge in [-0.05, 0) is 24.3 Å². The number of hydrazone groups is 1. The van der Waals surface area contributed by atoms with Crippen LogP contribution in [0.15, 0.2) is 47.7 Å². The zero-order valence-corrected chi connectivity index (χ0v) is 10.4. The summed E-state index contributed by atoms with van der Waals surface area (Å²) in [5.74, 6) is 0.545. The summed E-state index contributed by atoms with van der Waals surface area (Å²) in [6.07, 6.45) is 2.94. The predicted molar refractivity (Wildman–Crippen MR) is 73.6 cm³/mol. The lowest BCUT2D eigenvalue weighted by molar-refractivity contribution is -0.385. The SMILES string of the molecule is O=[N+]([O-])c1ccc(Cl)cc1C=NNc1ccccn1. The lowest BCUT2D eigenvalue weighted by Gasteiger charge is -1.99. The van der Waals surface area contributed by atoms with Crippen molar-refractivity contribution in [2.75, 3.05) is 5.43 Å². The molecule has 6 nitrogen and oxygen atoms in total. The van der Waals surface area contributed by atoms with Crippen molar-refractivity contribution in [1.82, 2.24) is 4.98 Å². The molecule has 1 aromatic carbocycles. The highest BCUT2D eigenvalue weighted by Gasteiger charge is 2.11. The molecular weight excluding hydrogens is 268 g/mol. The van der Waals surface area contributed by atoms with Gasteiger partial charge in [-0.15, -0.1) is 0 Å². The molecule has 0 spiro atoms. The van der Waals surface area contributed by atoms with E-state index in [0.29, 0.717) is 16.4 Å². The maximum absolute atomic E-state index is 10.8. The van der Waals surface area contributed by atoms with E-state index in [-0.39, 0.29) is 5.69 Å². The Hall–Kier alpha value is -2.47. The van der Waals surface area contributed by atoms with Crippen molar-refractivity contribution in [1.29, 1.82) is 0 Å². The smallest absolute Gasteiger partial charge is 0.261 e. The molecule has 0 atom stereocenters. The van der Waals surface area contributed by atoms with Gasteiger partial charge in [0.15, 0.2) is 0 Å². The molecule has 1 aromatic heterocycles. The van der Waals surface area contributed by atoms with Gasteiger partial charge in [-0.2, -0.15) is 5.10 Å². The fourth-order valence-electron chi connectivity index (χ4n) is 1.39. The van der Waals surface area contributed by atoms with Gasteiger partial charge in [0.1, 0.15) is 5.82 Å². The van der Waals surface area contributed by atoms with Crippen molar-refractivity contribution in [2.45, 2.75) is 0 Å². The van der Waals surface area contributed by atoms with Crippen LogP contribution in [-0.4, -0.2) is 16.1 Å². The summed E-state index contributed by atoms with van der Waals surface area (Å²) in [5, 5.41) is 15.1. The first-order valence-corrected chi connectivity index (χ1v) is 5.68. The molecule has 0 aliphatic carbocycles. The summed E-state index contributed by atoms with van der Waals surface area (Å²) in [7, 11) is 0. The van der Waals surface area contributed by atoms with Crippen LogP contribution in [0.5, 0.6) is 0 Å². The van der Waals surface area contributed by atoms with Crippen LogP contribution in [-0.2, 0) is 0 Å². The van der Waals surface area contributed by atoms with Gasteiger partial charge in [-0.1, -0.05) is 17.7 Å². The zero-order valence-electron chi connectivity index (χ0n) is 9.65. The second kappa shape index (κ2) is 5.92. The minimum Gasteiger partial charge on any atom is -0.261 e. The number of benzene rings is 1. The molecule has 1 N–H and O–H groups in total. The molecule has 19 heavy (non-hydrogen) atoms. The van der Waals surface area contributed by atoms with Gasteiger partial charge in [0, 0.05) is 17.3 Å². The fourth-order valence-corrected chi connectivity index (χ4v) is 1.57. The fraction of sp³-hybridized carbons (Fsp3) is 0. The molecule has 0 unspecified atom stereocenters. The van der Waals surface area contributed by atoms with Crippen LogP contribution in [0, 0.1) is 10.1 Å². The van der Waals surface area contributed by atoms with Crippen LogP contribution in [0.1, 0.15) is 5.56 Å². The molecule has 1 heterocycles. The average Bonchev–Trinajstić information content (AvgIpc) is 2.39. The number of rotatable bonds is 4. The molecule has 0 aliphatic rings. The van der Waals surface area contributed by atoms with E-state index in [1.54, 1.807) is 24.4 Å². The van der Waals surface area contributed by atoms with Crippen LogP contribution in [0.3, 0.4) is 0 Å². The first-order valence-electron chi connectivity index (χ1n) is 5.31. The Morgan fingerprint density at radius 1 is 1.37 bits per heavy atom. The third-order valence-electron chi connectivity index (χ3n) is 2.23.